The number of carbonyl (C=O) groups is 3. The lowest BCUT2D eigenvalue weighted by atomic mass is 10.0. The SMILES string of the molecule is CN(CC(=O)NNC(=O)c1ccccc1)C(C)(C)C(=O)O. The Morgan fingerprint density at radius 2 is 1.71 bits per heavy atom. The van der Waals surface area contributed by atoms with Crippen LogP contribution in [0.1, 0.15) is 24.2 Å². The maximum absolute atomic E-state index is 11.7. The molecule has 1 aromatic rings. The van der Waals surface area contributed by atoms with Crippen LogP contribution in [0.2, 0.25) is 0 Å². The van der Waals surface area contributed by atoms with Crippen LogP contribution in [0.3, 0.4) is 0 Å². The summed E-state index contributed by atoms with van der Waals surface area (Å²) in [5.41, 5.74) is 3.76. The molecule has 21 heavy (non-hydrogen) atoms. The number of hydrogen-bond donors (Lipinski definition) is 3. The van der Waals surface area contributed by atoms with E-state index in [9.17, 15) is 14.4 Å². The minimum absolute atomic E-state index is 0.158. The van der Waals surface area contributed by atoms with E-state index in [4.69, 9.17) is 5.11 Å². The highest BCUT2D eigenvalue weighted by molar-refractivity contribution is 5.95. The molecule has 0 bridgehead atoms. The van der Waals surface area contributed by atoms with Crippen LogP contribution >= 0.6 is 0 Å². The van der Waals surface area contributed by atoms with E-state index in [2.05, 4.69) is 10.9 Å². The number of carboxylic acids is 1. The number of likely N-dealkylation sites (N-methyl/N-ethyl adjacent to an activating group) is 1. The molecule has 0 spiro atoms. The van der Waals surface area contributed by atoms with Crippen molar-refractivity contribution in [3.8, 4) is 0 Å². The minimum Gasteiger partial charge on any atom is -0.480 e. The third-order valence-electron chi connectivity index (χ3n) is 3.21. The molecule has 0 fully saturated rings. The summed E-state index contributed by atoms with van der Waals surface area (Å²) >= 11 is 0. The molecule has 0 aliphatic rings. The Kier molecular flexibility index (Phi) is 5.43. The molecule has 1 rings (SSSR count). The predicted octanol–water partition coefficient (Wildman–Crippen LogP) is 0.243. The lowest BCUT2D eigenvalue weighted by Gasteiger charge is -2.30. The Balaban J connectivity index is 2.48. The van der Waals surface area contributed by atoms with Gasteiger partial charge in [-0.2, -0.15) is 0 Å². The van der Waals surface area contributed by atoms with Crippen molar-refractivity contribution >= 4 is 17.8 Å². The van der Waals surface area contributed by atoms with Crippen molar-refractivity contribution in [3.63, 3.8) is 0 Å². The summed E-state index contributed by atoms with van der Waals surface area (Å²) in [6.45, 7) is 2.82. The number of hydrazine groups is 1. The number of aliphatic carboxylic acids is 1. The number of carbonyl (C=O) groups excluding carboxylic acids is 2. The average molecular weight is 293 g/mol. The van der Waals surface area contributed by atoms with Crippen LogP contribution in [0.15, 0.2) is 30.3 Å². The van der Waals surface area contributed by atoms with E-state index < -0.39 is 23.3 Å². The van der Waals surface area contributed by atoms with Crippen LogP contribution in [0.5, 0.6) is 0 Å². The molecule has 0 radical (unpaired) electrons. The van der Waals surface area contributed by atoms with Gasteiger partial charge in [0, 0.05) is 5.56 Å². The Morgan fingerprint density at radius 1 is 1.14 bits per heavy atom. The first kappa shape index (κ1) is 16.6. The molecular formula is C14H19N3O4. The van der Waals surface area contributed by atoms with Crippen molar-refractivity contribution in [2.24, 2.45) is 0 Å². The van der Waals surface area contributed by atoms with E-state index in [0.717, 1.165) is 0 Å². The van der Waals surface area contributed by atoms with Crippen molar-refractivity contribution < 1.29 is 19.5 Å². The van der Waals surface area contributed by atoms with Gasteiger partial charge in [0.1, 0.15) is 5.54 Å². The predicted molar refractivity (Wildman–Crippen MR) is 76.4 cm³/mol. The van der Waals surface area contributed by atoms with E-state index in [-0.39, 0.29) is 6.54 Å². The molecule has 0 atom stereocenters. The van der Waals surface area contributed by atoms with Gasteiger partial charge in [-0.15, -0.1) is 0 Å². The molecule has 2 amide bonds. The van der Waals surface area contributed by atoms with Gasteiger partial charge >= 0.3 is 5.97 Å². The highest BCUT2D eigenvalue weighted by Crippen LogP contribution is 2.11. The van der Waals surface area contributed by atoms with Crippen LogP contribution < -0.4 is 10.9 Å². The summed E-state index contributed by atoms with van der Waals surface area (Å²) < 4.78 is 0. The highest BCUT2D eigenvalue weighted by Gasteiger charge is 2.32. The van der Waals surface area contributed by atoms with Gasteiger partial charge in [-0.1, -0.05) is 18.2 Å². The molecule has 0 saturated carbocycles. The fourth-order valence-electron chi connectivity index (χ4n) is 1.40. The molecule has 0 aliphatic carbocycles. The van der Waals surface area contributed by atoms with Crippen LogP contribution in [0.25, 0.3) is 0 Å². The van der Waals surface area contributed by atoms with Gasteiger partial charge in [0.05, 0.1) is 6.54 Å². The topological polar surface area (TPSA) is 98.7 Å². The zero-order chi connectivity index (χ0) is 16.0. The zero-order valence-corrected chi connectivity index (χ0v) is 12.2. The van der Waals surface area contributed by atoms with Gasteiger partial charge in [0.15, 0.2) is 0 Å². The molecule has 3 N–H and O–H groups in total. The number of benzene rings is 1. The standard InChI is InChI=1S/C14H19N3O4/c1-14(2,13(20)21)17(3)9-11(18)15-16-12(19)10-7-5-4-6-8-10/h4-8H,9H2,1-3H3,(H,15,18)(H,16,19)(H,20,21). The van der Waals surface area contributed by atoms with Crippen LogP contribution in [-0.2, 0) is 9.59 Å². The van der Waals surface area contributed by atoms with Crippen molar-refractivity contribution in [1.82, 2.24) is 15.8 Å². The average Bonchev–Trinajstić information content (AvgIpc) is 2.45. The summed E-state index contributed by atoms with van der Waals surface area (Å²) in [4.78, 5) is 35.8. The summed E-state index contributed by atoms with van der Waals surface area (Å²) in [5.74, 6) is -1.98. The Hall–Kier alpha value is -2.41. The number of nitrogens with zero attached hydrogens (tertiary/aromatic N) is 1. The van der Waals surface area contributed by atoms with Crippen molar-refractivity contribution in [1.29, 1.82) is 0 Å². The first-order valence-electron chi connectivity index (χ1n) is 6.34. The molecular weight excluding hydrogens is 274 g/mol. The van der Waals surface area contributed by atoms with Crippen molar-refractivity contribution in [2.75, 3.05) is 13.6 Å². The third kappa shape index (κ3) is 4.57. The lowest BCUT2D eigenvalue weighted by molar-refractivity contribution is -0.149. The van der Waals surface area contributed by atoms with E-state index in [0.29, 0.717) is 5.56 Å². The summed E-state index contributed by atoms with van der Waals surface area (Å²) in [6, 6.07) is 8.42. The fourth-order valence-corrected chi connectivity index (χ4v) is 1.40. The lowest BCUT2D eigenvalue weighted by Crippen LogP contribution is -2.53. The molecule has 0 unspecified atom stereocenters. The summed E-state index contributed by atoms with van der Waals surface area (Å²) in [5, 5.41) is 9.05. The largest absolute Gasteiger partial charge is 0.480 e. The highest BCUT2D eigenvalue weighted by atomic mass is 16.4. The Morgan fingerprint density at radius 3 is 2.24 bits per heavy atom. The van der Waals surface area contributed by atoms with E-state index in [1.807, 2.05) is 0 Å². The second kappa shape index (κ2) is 6.85. The van der Waals surface area contributed by atoms with E-state index in [1.54, 1.807) is 30.3 Å². The summed E-state index contributed by atoms with van der Waals surface area (Å²) in [6.07, 6.45) is 0. The van der Waals surface area contributed by atoms with Crippen LogP contribution in [0.4, 0.5) is 0 Å². The Labute approximate surface area is 122 Å². The molecule has 114 valence electrons. The molecule has 0 aromatic heterocycles. The number of nitrogens with one attached hydrogen (secondary N) is 2. The maximum Gasteiger partial charge on any atom is 0.323 e. The second-order valence-corrected chi connectivity index (χ2v) is 5.09. The van der Waals surface area contributed by atoms with Gasteiger partial charge in [-0.25, -0.2) is 0 Å². The zero-order valence-electron chi connectivity index (χ0n) is 12.2. The van der Waals surface area contributed by atoms with Gasteiger partial charge in [0.25, 0.3) is 11.8 Å². The quantitative estimate of drug-likeness (QED) is 0.676. The third-order valence-corrected chi connectivity index (χ3v) is 3.21. The molecule has 7 nitrogen and oxygen atoms in total. The number of rotatable bonds is 5. The van der Waals surface area contributed by atoms with Crippen LogP contribution in [0, 0.1) is 0 Å². The van der Waals surface area contributed by atoms with Gasteiger partial charge < -0.3 is 5.11 Å². The first-order chi connectivity index (χ1) is 9.75. The second-order valence-electron chi connectivity index (χ2n) is 5.09. The fraction of sp³-hybridized carbons (Fsp3) is 0.357. The number of amides is 2. The van der Waals surface area contributed by atoms with E-state index in [1.165, 1.54) is 25.8 Å². The molecule has 7 heteroatoms. The minimum atomic E-state index is -1.18. The Bertz CT molecular complexity index is 528. The molecule has 1 aromatic carbocycles. The molecule has 0 heterocycles. The normalized spacial score (nSPS) is 11.0. The number of hydrogen-bond acceptors (Lipinski definition) is 4. The van der Waals surface area contributed by atoms with Gasteiger partial charge in [0.2, 0.25) is 0 Å². The van der Waals surface area contributed by atoms with Gasteiger partial charge in [-0.05, 0) is 33.0 Å². The monoisotopic (exact) mass is 293 g/mol. The van der Waals surface area contributed by atoms with Gasteiger partial charge in [-0.3, -0.25) is 30.1 Å². The van der Waals surface area contributed by atoms with Crippen molar-refractivity contribution in [3.05, 3.63) is 35.9 Å². The molecule has 0 saturated heterocycles. The van der Waals surface area contributed by atoms with Crippen LogP contribution in [-0.4, -0.2) is 46.9 Å². The maximum atomic E-state index is 11.7. The van der Waals surface area contributed by atoms with E-state index >= 15 is 0 Å². The van der Waals surface area contributed by atoms with Crippen molar-refractivity contribution in [2.45, 2.75) is 19.4 Å². The number of carboxylic acid groups (broad SMARTS) is 1. The first-order valence-corrected chi connectivity index (χ1v) is 6.34. The smallest absolute Gasteiger partial charge is 0.323 e. The molecule has 0 aliphatic heterocycles. The summed E-state index contributed by atoms with van der Waals surface area (Å²) in [7, 11) is 1.52.